The Hall–Kier alpha value is -3.19. The second kappa shape index (κ2) is 9.54. The molecule has 0 aliphatic rings. The first-order valence-corrected chi connectivity index (χ1v) is 10.9. The van der Waals surface area contributed by atoms with Gasteiger partial charge in [-0.25, -0.2) is 12.8 Å². The van der Waals surface area contributed by atoms with E-state index in [1.165, 1.54) is 12.1 Å². The number of benzene rings is 3. The topological polar surface area (TPSA) is 72.5 Å². The van der Waals surface area contributed by atoms with Crippen molar-refractivity contribution in [2.45, 2.75) is 16.6 Å². The van der Waals surface area contributed by atoms with Crippen molar-refractivity contribution in [2.24, 2.45) is 0 Å². The molecule has 0 saturated carbocycles. The molecule has 1 unspecified atom stereocenters. The molecule has 0 aliphatic heterocycles. The zero-order valence-corrected chi connectivity index (χ0v) is 17.2. The van der Waals surface area contributed by atoms with Gasteiger partial charge in [0.25, 0.3) is 0 Å². The van der Waals surface area contributed by atoms with Crippen LogP contribution in [-0.2, 0) is 21.1 Å². The number of halogens is 1. The first kappa shape index (κ1) is 21.5. The molecule has 0 fully saturated rings. The number of carbonyl (C=O) groups is 1. The van der Waals surface area contributed by atoms with E-state index in [4.69, 9.17) is 4.74 Å². The highest BCUT2D eigenvalue weighted by molar-refractivity contribution is 7.91. The van der Waals surface area contributed by atoms with Gasteiger partial charge < -0.3 is 10.1 Å². The highest BCUT2D eigenvalue weighted by atomic mass is 32.2. The summed E-state index contributed by atoms with van der Waals surface area (Å²) in [6.45, 7) is -0.0985. The molecule has 0 heterocycles. The number of hydrogen-bond donors (Lipinski definition) is 1. The lowest BCUT2D eigenvalue weighted by Gasteiger charge is -2.19. The molecule has 1 atom stereocenters. The van der Waals surface area contributed by atoms with Crippen molar-refractivity contribution in [1.82, 2.24) is 5.32 Å². The van der Waals surface area contributed by atoms with Crippen LogP contribution in [0.4, 0.5) is 4.39 Å². The van der Waals surface area contributed by atoms with Crippen LogP contribution in [0.5, 0.6) is 5.75 Å². The van der Waals surface area contributed by atoms with E-state index in [-0.39, 0.29) is 23.8 Å². The number of amides is 1. The van der Waals surface area contributed by atoms with E-state index in [2.05, 4.69) is 5.32 Å². The SMILES string of the molecule is COc1ccc(CC(=O)NCC(c2ccccc2)S(=O)(=O)c2ccc(F)cc2)cc1. The maximum Gasteiger partial charge on any atom is 0.224 e. The Morgan fingerprint density at radius 3 is 2.20 bits per heavy atom. The van der Waals surface area contributed by atoms with Gasteiger partial charge in [0.05, 0.1) is 18.4 Å². The van der Waals surface area contributed by atoms with Gasteiger partial charge in [0.2, 0.25) is 5.91 Å². The molecule has 1 amide bonds. The van der Waals surface area contributed by atoms with Crippen LogP contribution in [0, 0.1) is 5.82 Å². The molecular formula is C23H22FNO4S. The number of hydrogen-bond acceptors (Lipinski definition) is 4. The van der Waals surface area contributed by atoms with Crippen molar-refractivity contribution in [1.29, 1.82) is 0 Å². The predicted molar refractivity (Wildman–Crippen MR) is 112 cm³/mol. The fourth-order valence-electron chi connectivity index (χ4n) is 3.06. The summed E-state index contributed by atoms with van der Waals surface area (Å²) in [7, 11) is -2.28. The highest BCUT2D eigenvalue weighted by Crippen LogP contribution is 2.28. The quantitative estimate of drug-likeness (QED) is 0.557. The maximum atomic E-state index is 13.2. The Bertz CT molecular complexity index is 1080. The second-order valence-corrected chi connectivity index (χ2v) is 8.86. The van der Waals surface area contributed by atoms with E-state index in [0.29, 0.717) is 11.3 Å². The zero-order chi connectivity index (χ0) is 21.6. The van der Waals surface area contributed by atoms with Crippen molar-refractivity contribution in [3.63, 3.8) is 0 Å². The van der Waals surface area contributed by atoms with Crippen molar-refractivity contribution in [3.8, 4) is 5.75 Å². The molecule has 0 spiro atoms. The van der Waals surface area contributed by atoms with E-state index in [0.717, 1.165) is 17.7 Å². The smallest absolute Gasteiger partial charge is 0.224 e. The normalized spacial score (nSPS) is 12.2. The van der Waals surface area contributed by atoms with Crippen LogP contribution in [-0.4, -0.2) is 28.0 Å². The van der Waals surface area contributed by atoms with Crippen LogP contribution in [0.2, 0.25) is 0 Å². The fraction of sp³-hybridized carbons (Fsp3) is 0.174. The van der Waals surface area contributed by atoms with Crippen LogP contribution >= 0.6 is 0 Å². The predicted octanol–water partition coefficient (Wildman–Crippen LogP) is 3.71. The molecule has 0 radical (unpaired) electrons. The first-order valence-electron chi connectivity index (χ1n) is 9.34. The molecule has 3 aromatic rings. The van der Waals surface area contributed by atoms with Gasteiger partial charge >= 0.3 is 0 Å². The van der Waals surface area contributed by atoms with E-state index >= 15 is 0 Å². The minimum Gasteiger partial charge on any atom is -0.497 e. The number of rotatable bonds is 8. The van der Waals surface area contributed by atoms with Crippen LogP contribution < -0.4 is 10.1 Å². The number of sulfone groups is 1. The van der Waals surface area contributed by atoms with E-state index in [1.54, 1.807) is 61.7 Å². The summed E-state index contributed by atoms with van der Waals surface area (Å²) in [6.07, 6.45) is 0.113. The molecule has 0 saturated heterocycles. The molecule has 0 aromatic heterocycles. The number of carbonyl (C=O) groups excluding carboxylic acids is 1. The lowest BCUT2D eigenvalue weighted by molar-refractivity contribution is -0.120. The third kappa shape index (κ3) is 5.24. The Labute approximate surface area is 175 Å². The van der Waals surface area contributed by atoms with Crippen molar-refractivity contribution in [2.75, 3.05) is 13.7 Å². The second-order valence-electron chi connectivity index (χ2n) is 6.73. The third-order valence-corrected chi connectivity index (χ3v) is 6.81. The minimum absolute atomic E-state index is 0.00200. The van der Waals surface area contributed by atoms with E-state index in [9.17, 15) is 17.6 Å². The molecule has 3 rings (SSSR count). The van der Waals surface area contributed by atoms with Crippen LogP contribution in [0.15, 0.2) is 83.8 Å². The molecular weight excluding hydrogens is 405 g/mol. The van der Waals surface area contributed by atoms with Gasteiger partial charge in [0.15, 0.2) is 9.84 Å². The molecule has 0 aliphatic carbocycles. The molecule has 5 nitrogen and oxygen atoms in total. The Morgan fingerprint density at radius 2 is 1.60 bits per heavy atom. The largest absolute Gasteiger partial charge is 0.497 e. The molecule has 3 aromatic carbocycles. The maximum absolute atomic E-state index is 13.2. The van der Waals surface area contributed by atoms with Gasteiger partial charge in [-0.3, -0.25) is 4.79 Å². The molecule has 30 heavy (non-hydrogen) atoms. The number of ether oxygens (including phenoxy) is 1. The van der Waals surface area contributed by atoms with Gasteiger partial charge in [-0.2, -0.15) is 0 Å². The summed E-state index contributed by atoms with van der Waals surface area (Å²) in [4.78, 5) is 12.4. The van der Waals surface area contributed by atoms with Gasteiger partial charge in [-0.15, -0.1) is 0 Å². The van der Waals surface area contributed by atoms with Crippen molar-refractivity contribution >= 4 is 15.7 Å². The standard InChI is InChI=1S/C23H22FNO4S/c1-29-20-11-7-17(8-12-20)15-23(26)25-16-22(18-5-3-2-4-6-18)30(27,28)21-13-9-19(24)10-14-21/h2-14,22H,15-16H2,1H3,(H,25,26). The van der Waals surface area contributed by atoms with Gasteiger partial charge in [0.1, 0.15) is 16.8 Å². The lowest BCUT2D eigenvalue weighted by Crippen LogP contribution is -2.32. The number of nitrogens with one attached hydrogen (secondary N) is 1. The summed E-state index contributed by atoms with van der Waals surface area (Å²) in [5.74, 6) is -0.123. The monoisotopic (exact) mass is 427 g/mol. The Kier molecular flexibility index (Phi) is 6.84. The summed E-state index contributed by atoms with van der Waals surface area (Å²) < 4.78 is 44.7. The lowest BCUT2D eigenvalue weighted by atomic mass is 10.1. The van der Waals surface area contributed by atoms with E-state index in [1.807, 2.05) is 0 Å². The van der Waals surface area contributed by atoms with Crippen molar-refractivity contribution < 1.29 is 22.3 Å². The van der Waals surface area contributed by atoms with Crippen LogP contribution in [0.3, 0.4) is 0 Å². The van der Waals surface area contributed by atoms with Gasteiger partial charge in [-0.05, 0) is 47.5 Å². The van der Waals surface area contributed by atoms with Crippen LogP contribution in [0.25, 0.3) is 0 Å². The molecule has 7 heteroatoms. The fourth-order valence-corrected chi connectivity index (χ4v) is 4.72. The molecule has 156 valence electrons. The Morgan fingerprint density at radius 1 is 0.967 bits per heavy atom. The zero-order valence-electron chi connectivity index (χ0n) is 16.4. The minimum atomic E-state index is -3.85. The average molecular weight is 427 g/mol. The molecule has 0 bridgehead atoms. The van der Waals surface area contributed by atoms with Gasteiger partial charge in [0, 0.05) is 6.54 Å². The third-order valence-electron chi connectivity index (χ3n) is 4.70. The Balaban J connectivity index is 1.78. The summed E-state index contributed by atoms with van der Waals surface area (Å²) >= 11 is 0. The number of methoxy groups -OCH3 is 1. The highest BCUT2D eigenvalue weighted by Gasteiger charge is 2.29. The van der Waals surface area contributed by atoms with Crippen LogP contribution in [0.1, 0.15) is 16.4 Å². The van der Waals surface area contributed by atoms with Gasteiger partial charge in [-0.1, -0.05) is 42.5 Å². The van der Waals surface area contributed by atoms with Crippen molar-refractivity contribution in [3.05, 3.63) is 95.8 Å². The summed E-state index contributed by atoms with van der Waals surface area (Å²) in [6, 6.07) is 20.4. The first-order chi connectivity index (χ1) is 14.4. The summed E-state index contributed by atoms with van der Waals surface area (Å²) in [5.41, 5.74) is 1.33. The molecule has 1 N–H and O–H groups in total. The summed E-state index contributed by atoms with van der Waals surface area (Å²) in [5, 5.41) is 1.73. The average Bonchev–Trinajstić information content (AvgIpc) is 2.75. The van der Waals surface area contributed by atoms with E-state index < -0.39 is 20.9 Å².